The number of benzene rings is 2. The topological polar surface area (TPSA) is 89.3 Å². The molecular formula is C23H20N4O3. The highest BCUT2D eigenvalue weighted by Gasteiger charge is 2.20. The van der Waals surface area contributed by atoms with E-state index in [9.17, 15) is 4.79 Å². The monoisotopic (exact) mass is 400 g/mol. The fourth-order valence-corrected chi connectivity index (χ4v) is 3.60. The van der Waals surface area contributed by atoms with Crippen molar-refractivity contribution in [2.75, 3.05) is 17.2 Å². The molecule has 0 saturated heterocycles. The van der Waals surface area contributed by atoms with Crippen molar-refractivity contribution in [3.8, 4) is 0 Å². The van der Waals surface area contributed by atoms with E-state index in [1.165, 1.54) is 0 Å². The highest BCUT2D eigenvalue weighted by Crippen LogP contribution is 2.25. The number of hydrogen-bond acceptors (Lipinski definition) is 6. The molecule has 0 aliphatic carbocycles. The number of anilines is 2. The summed E-state index contributed by atoms with van der Waals surface area (Å²) in [5.41, 5.74) is 3.49. The van der Waals surface area contributed by atoms with Gasteiger partial charge in [0.25, 0.3) is 5.91 Å². The van der Waals surface area contributed by atoms with Crippen LogP contribution in [0.5, 0.6) is 0 Å². The molecule has 5 rings (SSSR count). The second-order valence-electron chi connectivity index (χ2n) is 7.10. The van der Waals surface area contributed by atoms with E-state index in [2.05, 4.69) is 32.7 Å². The molecule has 0 radical (unpaired) electrons. The zero-order valence-corrected chi connectivity index (χ0v) is 16.2. The predicted molar refractivity (Wildman–Crippen MR) is 113 cm³/mol. The van der Waals surface area contributed by atoms with Gasteiger partial charge in [0.05, 0.1) is 37.0 Å². The number of carbonyl (C=O) groups is 1. The van der Waals surface area contributed by atoms with Crippen molar-refractivity contribution in [1.29, 1.82) is 0 Å². The average Bonchev–Trinajstić information content (AvgIpc) is 3.27. The van der Waals surface area contributed by atoms with Gasteiger partial charge in [-0.1, -0.05) is 42.5 Å². The molecular weight excluding hydrogens is 380 g/mol. The van der Waals surface area contributed by atoms with E-state index in [0.717, 1.165) is 39.8 Å². The van der Waals surface area contributed by atoms with Crippen LogP contribution < -0.4 is 10.6 Å². The largest absolute Gasteiger partial charge is 0.471 e. The van der Waals surface area contributed by atoms with Gasteiger partial charge in [-0.3, -0.25) is 10.1 Å². The summed E-state index contributed by atoms with van der Waals surface area (Å²) in [5.74, 6) is 0.692. The summed E-state index contributed by atoms with van der Waals surface area (Å²) in [5, 5.41) is 7.84. The van der Waals surface area contributed by atoms with Crippen LogP contribution in [0.1, 0.15) is 27.2 Å². The van der Waals surface area contributed by atoms with Crippen molar-refractivity contribution in [3.05, 3.63) is 83.4 Å². The summed E-state index contributed by atoms with van der Waals surface area (Å²) in [4.78, 5) is 22.0. The van der Waals surface area contributed by atoms with Crippen LogP contribution in [0, 0.1) is 0 Å². The Kier molecular flexibility index (Phi) is 4.86. The van der Waals surface area contributed by atoms with Crippen LogP contribution >= 0.6 is 0 Å². The summed E-state index contributed by atoms with van der Waals surface area (Å²) in [6.07, 6.45) is 3.91. The number of hydrogen-bond donors (Lipinski definition) is 2. The molecule has 0 spiro atoms. The Labute approximate surface area is 173 Å². The number of nitrogens with one attached hydrogen (secondary N) is 2. The summed E-state index contributed by atoms with van der Waals surface area (Å²) in [7, 11) is 0. The predicted octanol–water partition coefficient (Wildman–Crippen LogP) is 4.16. The zero-order valence-electron chi connectivity index (χ0n) is 16.2. The second kappa shape index (κ2) is 7.96. The lowest BCUT2D eigenvalue weighted by atomic mass is 10.1. The van der Waals surface area contributed by atoms with Crippen LogP contribution in [0.3, 0.4) is 0 Å². The van der Waals surface area contributed by atoms with Gasteiger partial charge in [-0.25, -0.2) is 4.98 Å². The van der Waals surface area contributed by atoms with E-state index >= 15 is 0 Å². The molecule has 1 aliphatic rings. The van der Waals surface area contributed by atoms with E-state index in [4.69, 9.17) is 9.15 Å². The molecule has 3 heterocycles. The lowest BCUT2D eigenvalue weighted by Crippen LogP contribution is -2.20. The minimum atomic E-state index is -0.285. The van der Waals surface area contributed by atoms with Crippen molar-refractivity contribution >= 4 is 28.4 Å². The smallest absolute Gasteiger partial charge is 0.258 e. The van der Waals surface area contributed by atoms with E-state index in [1.54, 1.807) is 18.6 Å². The van der Waals surface area contributed by atoms with Gasteiger partial charge in [-0.2, -0.15) is 4.98 Å². The van der Waals surface area contributed by atoms with Crippen LogP contribution in [-0.2, 0) is 24.3 Å². The number of furan rings is 1. The number of carbonyl (C=O) groups excluding carboxylic acids is 1. The van der Waals surface area contributed by atoms with Crippen molar-refractivity contribution < 1.29 is 13.9 Å². The Morgan fingerprint density at radius 1 is 1.03 bits per heavy atom. The molecule has 2 N–H and O–H groups in total. The lowest BCUT2D eigenvalue weighted by Gasteiger charge is -2.20. The molecule has 4 aromatic rings. The van der Waals surface area contributed by atoms with Crippen molar-refractivity contribution in [3.63, 3.8) is 0 Å². The van der Waals surface area contributed by atoms with Gasteiger partial charge in [0.2, 0.25) is 5.95 Å². The van der Waals surface area contributed by atoms with Crippen LogP contribution in [0.25, 0.3) is 10.8 Å². The number of nitrogens with zero attached hydrogens (tertiary/aromatic N) is 2. The molecule has 7 nitrogen and oxygen atoms in total. The molecule has 0 atom stereocenters. The Morgan fingerprint density at radius 2 is 1.93 bits per heavy atom. The van der Waals surface area contributed by atoms with Crippen LogP contribution in [0.4, 0.5) is 11.8 Å². The Balaban J connectivity index is 1.43. The number of ether oxygens (including phenoxy) is 1. The van der Waals surface area contributed by atoms with Crippen molar-refractivity contribution in [2.45, 2.75) is 19.6 Å². The third kappa shape index (κ3) is 3.62. The first-order valence-corrected chi connectivity index (χ1v) is 9.79. The van der Waals surface area contributed by atoms with Crippen LogP contribution in [-0.4, -0.2) is 22.5 Å². The molecule has 7 heteroatoms. The van der Waals surface area contributed by atoms with Gasteiger partial charge in [0.1, 0.15) is 5.82 Å². The third-order valence-electron chi connectivity index (χ3n) is 5.12. The summed E-state index contributed by atoms with van der Waals surface area (Å²) in [6, 6.07) is 15.6. The quantitative estimate of drug-likeness (QED) is 0.523. The molecule has 2 aromatic carbocycles. The molecule has 0 fully saturated rings. The van der Waals surface area contributed by atoms with Crippen molar-refractivity contribution in [2.24, 2.45) is 0 Å². The molecule has 0 saturated carbocycles. The summed E-state index contributed by atoms with van der Waals surface area (Å²) < 4.78 is 10.8. The third-order valence-corrected chi connectivity index (χ3v) is 5.12. The Morgan fingerprint density at radius 3 is 2.83 bits per heavy atom. The van der Waals surface area contributed by atoms with Gasteiger partial charge in [0, 0.05) is 29.3 Å². The fraction of sp³-hybridized carbons (Fsp3) is 0.174. The SMILES string of the molecule is O=C(Nc1nc2c(c(NCc3ccccc3)n1)CCOC2)c1cccc2cocc12. The highest BCUT2D eigenvalue weighted by atomic mass is 16.5. The Bertz CT molecular complexity index is 1200. The van der Waals surface area contributed by atoms with E-state index < -0.39 is 0 Å². The van der Waals surface area contributed by atoms with Crippen LogP contribution in [0.2, 0.25) is 0 Å². The van der Waals surface area contributed by atoms with E-state index in [-0.39, 0.29) is 11.9 Å². The van der Waals surface area contributed by atoms with E-state index in [0.29, 0.717) is 25.3 Å². The zero-order chi connectivity index (χ0) is 20.3. The molecule has 1 amide bonds. The van der Waals surface area contributed by atoms with Gasteiger partial charge in [0.15, 0.2) is 0 Å². The first-order valence-electron chi connectivity index (χ1n) is 9.79. The molecule has 30 heavy (non-hydrogen) atoms. The average molecular weight is 400 g/mol. The normalized spacial score (nSPS) is 13.1. The summed E-state index contributed by atoms with van der Waals surface area (Å²) in [6.45, 7) is 1.66. The maximum atomic E-state index is 12.9. The molecule has 2 aromatic heterocycles. The maximum absolute atomic E-state index is 12.9. The number of rotatable bonds is 5. The standard InChI is InChI=1S/C23H20N4O3/c28-22(17-8-4-7-16-12-30-13-19(16)17)27-23-25-20-14-29-10-9-18(20)21(26-23)24-11-15-5-2-1-3-6-15/h1-8,12-13H,9-11,14H2,(H2,24,25,26,27,28). The number of fused-ring (bicyclic) bond motifs is 2. The minimum Gasteiger partial charge on any atom is -0.471 e. The maximum Gasteiger partial charge on any atom is 0.258 e. The molecule has 1 aliphatic heterocycles. The second-order valence-corrected chi connectivity index (χ2v) is 7.10. The highest BCUT2D eigenvalue weighted by molar-refractivity contribution is 6.12. The van der Waals surface area contributed by atoms with E-state index in [1.807, 2.05) is 30.3 Å². The minimum absolute atomic E-state index is 0.250. The molecule has 150 valence electrons. The van der Waals surface area contributed by atoms with Crippen molar-refractivity contribution in [1.82, 2.24) is 9.97 Å². The Hall–Kier alpha value is -3.71. The summed E-state index contributed by atoms with van der Waals surface area (Å²) >= 11 is 0. The first kappa shape index (κ1) is 18.3. The number of amides is 1. The van der Waals surface area contributed by atoms with Gasteiger partial charge >= 0.3 is 0 Å². The molecule has 0 unspecified atom stereocenters. The van der Waals surface area contributed by atoms with Gasteiger partial charge < -0.3 is 14.5 Å². The van der Waals surface area contributed by atoms with Crippen LogP contribution in [0.15, 0.2) is 65.5 Å². The fourth-order valence-electron chi connectivity index (χ4n) is 3.60. The lowest BCUT2D eigenvalue weighted by molar-refractivity contribution is 0.102. The van der Waals surface area contributed by atoms with Gasteiger partial charge in [-0.15, -0.1) is 0 Å². The van der Waals surface area contributed by atoms with Gasteiger partial charge in [-0.05, 0) is 11.6 Å². The number of aromatic nitrogens is 2. The first-order chi connectivity index (χ1) is 14.8. The molecule has 0 bridgehead atoms.